The highest BCUT2D eigenvalue weighted by Gasteiger charge is 2.48. The van der Waals surface area contributed by atoms with Crippen molar-refractivity contribution in [1.82, 2.24) is 19.9 Å². The molecule has 0 amide bonds. The number of aromatic nitrogens is 4. The molecule has 0 N–H and O–H groups in total. The minimum Gasteiger partial charge on any atom is -0.265 e. The first-order valence-electron chi connectivity index (χ1n) is 10.9. The molecule has 0 aliphatic heterocycles. The van der Waals surface area contributed by atoms with Crippen molar-refractivity contribution in [3.8, 4) is 0 Å². The van der Waals surface area contributed by atoms with Crippen molar-refractivity contribution in [3.05, 3.63) is 133 Å². The molecule has 0 unspecified atom stereocenters. The average molecular weight is 562 g/mol. The smallest absolute Gasteiger partial charge is 0.0273 e. The standard InChI is InChI=1S/C28H24N4.4ClH/c1(21-5-13-29-14-6-21)3-25-26(4-2-22-7-15-30-16-8-22)28(24-11-19-32-20-12-24)27(25)23-9-17-31-18-10-23;;;;/h1-20,25-28H;4*1H/b3-1+,4-2+;;;;/t25-,26-,27+,28+;;;;/m0..../s1. The Labute approximate surface area is 237 Å². The van der Waals surface area contributed by atoms with E-state index in [1.807, 2.05) is 73.8 Å². The summed E-state index contributed by atoms with van der Waals surface area (Å²) in [5.41, 5.74) is 4.97. The average Bonchev–Trinajstić information content (AvgIpc) is 2.86. The second-order valence-corrected chi connectivity index (χ2v) is 8.05. The quantitative estimate of drug-likeness (QED) is 0.244. The molecular weight excluding hydrogens is 534 g/mol. The van der Waals surface area contributed by atoms with Gasteiger partial charge < -0.3 is 0 Å². The highest BCUT2D eigenvalue weighted by atomic mass is 35.5. The Hall–Kier alpha value is -2.76. The van der Waals surface area contributed by atoms with Gasteiger partial charge in [-0.3, -0.25) is 19.9 Å². The number of pyridine rings is 4. The van der Waals surface area contributed by atoms with Gasteiger partial charge in [-0.05, 0) is 94.5 Å². The third kappa shape index (κ3) is 7.14. The van der Waals surface area contributed by atoms with Crippen LogP contribution in [0.25, 0.3) is 12.2 Å². The predicted molar refractivity (Wildman–Crippen MR) is 156 cm³/mol. The van der Waals surface area contributed by atoms with Crippen LogP contribution in [0, 0.1) is 11.8 Å². The third-order valence-corrected chi connectivity index (χ3v) is 6.28. The Morgan fingerprint density at radius 3 is 1.00 bits per heavy atom. The molecule has 188 valence electrons. The van der Waals surface area contributed by atoms with Crippen molar-refractivity contribution < 1.29 is 0 Å². The Balaban J connectivity index is 0.00000162. The van der Waals surface area contributed by atoms with E-state index in [4.69, 9.17) is 0 Å². The van der Waals surface area contributed by atoms with Crippen molar-refractivity contribution in [2.24, 2.45) is 11.8 Å². The second-order valence-electron chi connectivity index (χ2n) is 8.05. The fourth-order valence-corrected chi connectivity index (χ4v) is 4.73. The molecule has 1 aliphatic rings. The van der Waals surface area contributed by atoms with E-state index >= 15 is 0 Å². The molecule has 0 radical (unpaired) electrons. The number of hydrogen-bond donors (Lipinski definition) is 0. The molecule has 0 bridgehead atoms. The summed E-state index contributed by atoms with van der Waals surface area (Å²) in [5, 5.41) is 0. The van der Waals surface area contributed by atoms with Crippen molar-refractivity contribution >= 4 is 61.8 Å². The predicted octanol–water partition coefficient (Wildman–Crippen LogP) is 7.49. The van der Waals surface area contributed by atoms with Gasteiger partial charge in [0.05, 0.1) is 0 Å². The van der Waals surface area contributed by atoms with Crippen molar-refractivity contribution in [2.75, 3.05) is 0 Å². The van der Waals surface area contributed by atoms with Crippen LogP contribution >= 0.6 is 49.6 Å². The molecule has 4 aromatic rings. The molecule has 4 aromatic heterocycles. The van der Waals surface area contributed by atoms with Gasteiger partial charge in [0.2, 0.25) is 0 Å². The molecule has 0 saturated heterocycles. The van der Waals surface area contributed by atoms with Gasteiger partial charge >= 0.3 is 0 Å². The number of allylic oxidation sites excluding steroid dienone is 2. The Morgan fingerprint density at radius 2 is 0.694 bits per heavy atom. The molecular formula is C28H28Cl4N4. The van der Waals surface area contributed by atoms with E-state index in [2.05, 4.69) is 68.5 Å². The van der Waals surface area contributed by atoms with Crippen LogP contribution in [-0.4, -0.2) is 19.9 Å². The minimum absolute atomic E-state index is 0. The number of rotatable bonds is 6. The highest BCUT2D eigenvalue weighted by Crippen LogP contribution is 2.59. The Bertz CT molecular complexity index is 1100. The molecule has 1 aliphatic carbocycles. The molecule has 4 nitrogen and oxygen atoms in total. The van der Waals surface area contributed by atoms with E-state index in [1.54, 1.807) is 0 Å². The van der Waals surface area contributed by atoms with Crippen LogP contribution in [0.15, 0.2) is 110 Å². The summed E-state index contributed by atoms with van der Waals surface area (Å²) >= 11 is 0. The maximum Gasteiger partial charge on any atom is 0.0273 e. The van der Waals surface area contributed by atoms with Crippen LogP contribution in [0.2, 0.25) is 0 Å². The normalized spacial score (nSPS) is 20.2. The van der Waals surface area contributed by atoms with Crippen LogP contribution in [0.1, 0.15) is 34.1 Å². The van der Waals surface area contributed by atoms with Crippen LogP contribution in [-0.2, 0) is 0 Å². The van der Waals surface area contributed by atoms with Gasteiger partial charge in [-0.1, -0.05) is 24.3 Å². The molecule has 0 aromatic carbocycles. The Morgan fingerprint density at radius 1 is 0.417 bits per heavy atom. The zero-order valence-electron chi connectivity index (χ0n) is 19.3. The number of halogens is 4. The minimum atomic E-state index is 0. The molecule has 1 fully saturated rings. The van der Waals surface area contributed by atoms with E-state index in [-0.39, 0.29) is 49.6 Å². The van der Waals surface area contributed by atoms with Gasteiger partial charge in [-0.25, -0.2) is 0 Å². The lowest BCUT2D eigenvalue weighted by molar-refractivity contribution is 0.177. The maximum atomic E-state index is 4.24. The van der Waals surface area contributed by atoms with Crippen LogP contribution in [0.4, 0.5) is 0 Å². The van der Waals surface area contributed by atoms with Crippen molar-refractivity contribution in [3.63, 3.8) is 0 Å². The molecule has 0 spiro atoms. The molecule has 8 heteroatoms. The molecule has 1 saturated carbocycles. The van der Waals surface area contributed by atoms with Crippen LogP contribution in [0.5, 0.6) is 0 Å². The van der Waals surface area contributed by atoms with Crippen LogP contribution < -0.4 is 0 Å². The zero-order valence-corrected chi connectivity index (χ0v) is 22.5. The van der Waals surface area contributed by atoms with Gasteiger partial charge in [0.25, 0.3) is 0 Å². The first-order chi connectivity index (χ1) is 15.9. The SMILES string of the molecule is C(=C\[C@H]1[C@H](/C=C/c2ccncc2)[C@@H](c2ccncc2)[C@@H]1c1ccncc1)/c1ccncc1.Cl.Cl.Cl.Cl. The topological polar surface area (TPSA) is 51.6 Å². The summed E-state index contributed by atoms with van der Waals surface area (Å²) in [6, 6.07) is 16.8. The van der Waals surface area contributed by atoms with Gasteiger partial charge in [-0.2, -0.15) is 0 Å². The van der Waals surface area contributed by atoms with Gasteiger partial charge in [0.1, 0.15) is 0 Å². The van der Waals surface area contributed by atoms with Gasteiger partial charge in [0, 0.05) is 49.6 Å². The number of nitrogens with zero attached hydrogens (tertiary/aromatic N) is 4. The lowest BCUT2D eigenvalue weighted by atomic mass is 9.52. The Kier molecular flexibility index (Phi) is 13.4. The van der Waals surface area contributed by atoms with E-state index in [0.29, 0.717) is 23.7 Å². The second kappa shape index (κ2) is 15.4. The van der Waals surface area contributed by atoms with E-state index in [1.165, 1.54) is 11.1 Å². The van der Waals surface area contributed by atoms with Crippen molar-refractivity contribution in [1.29, 1.82) is 0 Å². The summed E-state index contributed by atoms with van der Waals surface area (Å²) < 4.78 is 0. The van der Waals surface area contributed by atoms with Gasteiger partial charge in [-0.15, -0.1) is 49.6 Å². The fraction of sp³-hybridized carbons (Fsp3) is 0.143. The first-order valence-corrected chi connectivity index (χ1v) is 10.9. The monoisotopic (exact) mass is 560 g/mol. The van der Waals surface area contributed by atoms with E-state index < -0.39 is 0 Å². The van der Waals surface area contributed by atoms with E-state index in [9.17, 15) is 0 Å². The molecule has 5 rings (SSSR count). The number of hydrogen-bond acceptors (Lipinski definition) is 4. The fourth-order valence-electron chi connectivity index (χ4n) is 4.73. The third-order valence-electron chi connectivity index (χ3n) is 6.28. The first kappa shape index (κ1) is 31.3. The highest BCUT2D eigenvalue weighted by molar-refractivity contribution is 5.86. The van der Waals surface area contributed by atoms with E-state index in [0.717, 1.165) is 11.1 Å². The van der Waals surface area contributed by atoms with Crippen molar-refractivity contribution in [2.45, 2.75) is 11.8 Å². The zero-order chi connectivity index (χ0) is 21.6. The largest absolute Gasteiger partial charge is 0.265 e. The van der Waals surface area contributed by atoms with Gasteiger partial charge in [0.15, 0.2) is 0 Å². The summed E-state index contributed by atoms with van der Waals surface area (Å²) in [6.45, 7) is 0. The molecule has 4 atom stereocenters. The lowest BCUT2D eigenvalue weighted by Crippen LogP contribution is -2.41. The summed E-state index contributed by atoms with van der Waals surface area (Å²) in [5.74, 6) is 1.46. The molecule has 4 heterocycles. The summed E-state index contributed by atoms with van der Waals surface area (Å²) in [7, 11) is 0. The molecule has 36 heavy (non-hydrogen) atoms. The summed E-state index contributed by atoms with van der Waals surface area (Å²) in [6.07, 6.45) is 24.1. The summed E-state index contributed by atoms with van der Waals surface area (Å²) in [4.78, 5) is 16.8. The lowest BCUT2D eigenvalue weighted by Gasteiger charge is -2.51. The maximum absolute atomic E-state index is 4.24. The van der Waals surface area contributed by atoms with Crippen LogP contribution in [0.3, 0.4) is 0 Å².